The van der Waals surface area contributed by atoms with Crippen LogP contribution in [0.25, 0.3) is 0 Å². The topological polar surface area (TPSA) is 49.4 Å². The number of piperidine rings is 1. The van der Waals surface area contributed by atoms with Crippen LogP contribution in [0.15, 0.2) is 0 Å². The van der Waals surface area contributed by atoms with Crippen molar-refractivity contribution in [2.75, 3.05) is 19.6 Å². The first-order valence-corrected chi connectivity index (χ1v) is 8.69. The van der Waals surface area contributed by atoms with Crippen molar-refractivity contribution in [1.82, 2.24) is 10.2 Å². The second kappa shape index (κ2) is 7.39. The van der Waals surface area contributed by atoms with Crippen molar-refractivity contribution in [2.24, 2.45) is 11.3 Å². The summed E-state index contributed by atoms with van der Waals surface area (Å²) in [6, 6.07) is 0. The molecule has 2 amide bonds. The van der Waals surface area contributed by atoms with Crippen molar-refractivity contribution in [1.29, 1.82) is 0 Å². The monoisotopic (exact) mass is 294 g/mol. The van der Waals surface area contributed by atoms with Crippen LogP contribution in [0.4, 0.5) is 0 Å². The molecule has 21 heavy (non-hydrogen) atoms. The maximum atomic E-state index is 12.7. The van der Waals surface area contributed by atoms with Crippen LogP contribution in [0, 0.1) is 11.3 Å². The lowest BCUT2D eigenvalue weighted by Crippen LogP contribution is -2.53. The van der Waals surface area contributed by atoms with Gasteiger partial charge in [0, 0.05) is 6.42 Å². The summed E-state index contributed by atoms with van der Waals surface area (Å²) in [5.74, 6) is 0.391. The van der Waals surface area contributed by atoms with E-state index in [4.69, 9.17) is 0 Å². The number of carbonyl (C=O) groups excluding carboxylic acids is 2. The van der Waals surface area contributed by atoms with Gasteiger partial charge in [0.15, 0.2) is 0 Å². The van der Waals surface area contributed by atoms with E-state index in [2.05, 4.69) is 24.1 Å². The largest absolute Gasteiger partial charge is 0.304 e. The second-order valence-electron chi connectivity index (χ2n) is 6.65. The molecule has 0 radical (unpaired) electrons. The van der Waals surface area contributed by atoms with Gasteiger partial charge in [-0.2, -0.15) is 0 Å². The Kier molecular flexibility index (Phi) is 5.80. The van der Waals surface area contributed by atoms with Gasteiger partial charge in [-0.3, -0.25) is 14.9 Å². The third-order valence-corrected chi connectivity index (χ3v) is 5.66. The van der Waals surface area contributed by atoms with Gasteiger partial charge in [0.05, 0.1) is 5.41 Å². The molecule has 1 atom stereocenters. The Morgan fingerprint density at radius 1 is 1.14 bits per heavy atom. The van der Waals surface area contributed by atoms with Crippen LogP contribution in [0.1, 0.15) is 65.2 Å². The average Bonchev–Trinajstić information content (AvgIpc) is 2.51. The molecule has 0 unspecified atom stereocenters. The third-order valence-electron chi connectivity index (χ3n) is 5.66. The summed E-state index contributed by atoms with van der Waals surface area (Å²) < 4.78 is 0. The van der Waals surface area contributed by atoms with Gasteiger partial charge in [-0.05, 0) is 51.2 Å². The minimum Gasteiger partial charge on any atom is -0.304 e. The van der Waals surface area contributed by atoms with Gasteiger partial charge in [-0.1, -0.05) is 33.1 Å². The zero-order chi connectivity index (χ0) is 15.3. The highest BCUT2D eigenvalue weighted by molar-refractivity contribution is 6.00. The molecule has 1 aliphatic heterocycles. The van der Waals surface area contributed by atoms with E-state index in [9.17, 15) is 9.59 Å². The highest BCUT2D eigenvalue weighted by Gasteiger charge is 2.48. The zero-order valence-electron chi connectivity index (χ0n) is 13.6. The summed E-state index contributed by atoms with van der Waals surface area (Å²) in [5, 5.41) is 2.63. The van der Waals surface area contributed by atoms with E-state index in [0.29, 0.717) is 12.3 Å². The van der Waals surface area contributed by atoms with Crippen molar-refractivity contribution in [3.8, 4) is 0 Å². The third kappa shape index (κ3) is 3.65. The normalized spacial score (nSPS) is 28.0. The summed E-state index contributed by atoms with van der Waals surface area (Å²) >= 11 is 0. The molecule has 2 rings (SSSR count). The first-order chi connectivity index (χ1) is 10.1. The van der Waals surface area contributed by atoms with Crippen molar-refractivity contribution in [3.05, 3.63) is 0 Å². The van der Waals surface area contributed by atoms with Gasteiger partial charge >= 0.3 is 0 Å². The van der Waals surface area contributed by atoms with E-state index in [-0.39, 0.29) is 17.2 Å². The molecule has 4 heteroatoms. The summed E-state index contributed by atoms with van der Waals surface area (Å²) in [6.45, 7) is 7.35. The van der Waals surface area contributed by atoms with E-state index < -0.39 is 0 Å². The molecule has 0 aromatic carbocycles. The highest BCUT2D eigenvalue weighted by Crippen LogP contribution is 2.46. The van der Waals surface area contributed by atoms with Crippen molar-refractivity contribution in [2.45, 2.75) is 65.2 Å². The van der Waals surface area contributed by atoms with Crippen molar-refractivity contribution < 1.29 is 9.59 Å². The number of carbonyl (C=O) groups is 2. The maximum Gasteiger partial charge on any atom is 0.233 e. The lowest BCUT2D eigenvalue weighted by atomic mass is 9.63. The van der Waals surface area contributed by atoms with Gasteiger partial charge in [-0.25, -0.2) is 0 Å². The predicted molar refractivity (Wildman–Crippen MR) is 83.8 cm³/mol. The molecule has 2 aliphatic rings. The summed E-state index contributed by atoms with van der Waals surface area (Å²) in [4.78, 5) is 26.6. The molecule has 0 aromatic heterocycles. The molecule has 0 spiro atoms. The van der Waals surface area contributed by atoms with E-state index in [1.807, 2.05) is 0 Å². The molecule has 1 aliphatic carbocycles. The maximum absolute atomic E-state index is 12.7. The minimum atomic E-state index is -0.295. The molecule has 4 nitrogen and oxygen atoms in total. The molecule has 1 heterocycles. The van der Waals surface area contributed by atoms with Gasteiger partial charge in [0.25, 0.3) is 0 Å². The van der Waals surface area contributed by atoms with Crippen LogP contribution >= 0.6 is 0 Å². The predicted octanol–water partition coefficient (Wildman–Crippen LogP) is 2.72. The van der Waals surface area contributed by atoms with Crippen LogP contribution in [-0.4, -0.2) is 36.3 Å². The molecule has 120 valence electrons. The lowest BCUT2D eigenvalue weighted by Gasteiger charge is -2.44. The lowest BCUT2D eigenvalue weighted by molar-refractivity contribution is -0.146. The molecule has 2 fully saturated rings. The number of imide groups is 1. The standard InChI is InChI=1S/C17H30N2O2/c1-3-19(4-2)13-12-17(14-8-6-5-7-9-14)11-10-15(20)18-16(17)21/h14H,3-13H2,1-2H3,(H,18,20,21)/t17-/m1/s1. The highest BCUT2D eigenvalue weighted by atomic mass is 16.2. The Morgan fingerprint density at radius 2 is 1.81 bits per heavy atom. The molecule has 0 bridgehead atoms. The van der Waals surface area contributed by atoms with Crippen LogP contribution in [0.3, 0.4) is 0 Å². The molecular formula is C17H30N2O2. The Balaban J connectivity index is 2.13. The Bertz CT molecular complexity index is 373. The van der Waals surface area contributed by atoms with Crippen LogP contribution in [0.5, 0.6) is 0 Å². The second-order valence-corrected chi connectivity index (χ2v) is 6.65. The molecular weight excluding hydrogens is 264 g/mol. The SMILES string of the molecule is CCN(CC)CC[C@@]1(C2CCCCC2)CCC(=O)NC1=O. The molecule has 1 saturated carbocycles. The van der Waals surface area contributed by atoms with Gasteiger partial charge in [0.2, 0.25) is 11.8 Å². The fourth-order valence-electron chi connectivity index (χ4n) is 4.15. The summed E-state index contributed by atoms with van der Waals surface area (Å²) in [6.07, 6.45) is 8.24. The van der Waals surface area contributed by atoms with Crippen molar-refractivity contribution >= 4 is 11.8 Å². The molecule has 0 aromatic rings. The smallest absolute Gasteiger partial charge is 0.233 e. The Hall–Kier alpha value is -0.900. The number of nitrogens with zero attached hydrogens (tertiary/aromatic N) is 1. The summed E-state index contributed by atoms with van der Waals surface area (Å²) in [5.41, 5.74) is -0.295. The minimum absolute atomic E-state index is 0.0119. The number of rotatable bonds is 6. The number of nitrogens with one attached hydrogen (secondary N) is 1. The molecule has 1 saturated heterocycles. The van der Waals surface area contributed by atoms with Gasteiger partial charge in [-0.15, -0.1) is 0 Å². The van der Waals surface area contributed by atoms with Crippen LogP contribution in [-0.2, 0) is 9.59 Å². The van der Waals surface area contributed by atoms with E-state index in [0.717, 1.165) is 45.3 Å². The number of hydrogen-bond acceptors (Lipinski definition) is 3. The van der Waals surface area contributed by atoms with E-state index >= 15 is 0 Å². The molecule has 1 N–H and O–H groups in total. The van der Waals surface area contributed by atoms with E-state index in [1.54, 1.807) is 0 Å². The van der Waals surface area contributed by atoms with Gasteiger partial charge < -0.3 is 4.90 Å². The zero-order valence-corrected chi connectivity index (χ0v) is 13.6. The number of amides is 2. The fraction of sp³-hybridized carbons (Fsp3) is 0.882. The summed E-state index contributed by atoms with van der Waals surface area (Å²) in [7, 11) is 0. The Morgan fingerprint density at radius 3 is 2.38 bits per heavy atom. The quantitative estimate of drug-likeness (QED) is 0.766. The van der Waals surface area contributed by atoms with Crippen LogP contribution in [0.2, 0.25) is 0 Å². The van der Waals surface area contributed by atoms with Gasteiger partial charge in [0.1, 0.15) is 0 Å². The first-order valence-electron chi connectivity index (χ1n) is 8.69. The Labute approximate surface area is 128 Å². The van der Waals surface area contributed by atoms with E-state index in [1.165, 1.54) is 19.3 Å². The first kappa shape index (κ1) is 16.5. The van der Waals surface area contributed by atoms with Crippen LogP contribution < -0.4 is 5.32 Å². The fourth-order valence-corrected chi connectivity index (χ4v) is 4.15. The van der Waals surface area contributed by atoms with Crippen molar-refractivity contribution in [3.63, 3.8) is 0 Å². The number of hydrogen-bond donors (Lipinski definition) is 1. The average molecular weight is 294 g/mol.